The molecule has 1 saturated heterocycles. The third kappa shape index (κ3) is 5.64. The molecule has 1 atom stereocenters. The Morgan fingerprint density at radius 3 is 2.65 bits per heavy atom. The van der Waals surface area contributed by atoms with E-state index >= 15 is 0 Å². The number of esters is 1. The van der Waals surface area contributed by atoms with E-state index in [1.54, 1.807) is 31.4 Å². The number of pyridine rings is 1. The second-order valence-electron chi connectivity index (χ2n) is 9.39. The fourth-order valence-electron chi connectivity index (χ4n) is 5.01. The molecule has 3 heterocycles. The van der Waals surface area contributed by atoms with Gasteiger partial charge in [0.15, 0.2) is 11.5 Å². The van der Waals surface area contributed by atoms with E-state index in [1.165, 1.54) is 12.7 Å². The van der Waals surface area contributed by atoms with Crippen molar-refractivity contribution in [3.8, 4) is 17.4 Å². The molecule has 2 aliphatic heterocycles. The van der Waals surface area contributed by atoms with Crippen molar-refractivity contribution in [3.05, 3.63) is 59.2 Å². The summed E-state index contributed by atoms with van der Waals surface area (Å²) >= 11 is 0. The topological polar surface area (TPSA) is 102 Å². The lowest BCUT2D eigenvalue weighted by atomic mass is 9.98. The number of likely N-dealkylation sites (tertiary alicyclic amines) is 1. The molecule has 0 spiro atoms. The normalized spacial score (nSPS) is 16.9. The van der Waals surface area contributed by atoms with Gasteiger partial charge in [-0.05, 0) is 55.8 Å². The van der Waals surface area contributed by atoms with E-state index in [1.807, 2.05) is 12.1 Å². The molecule has 3 aromatic rings. The zero-order valence-corrected chi connectivity index (χ0v) is 21.2. The van der Waals surface area contributed by atoms with Gasteiger partial charge in [-0.2, -0.15) is 0 Å². The number of hydrogen-bond donors (Lipinski definition) is 2. The Balaban J connectivity index is 1.19. The molecule has 2 aromatic carbocycles. The van der Waals surface area contributed by atoms with Gasteiger partial charge in [-0.25, -0.2) is 9.78 Å². The highest BCUT2D eigenvalue weighted by Gasteiger charge is 2.24. The molecule has 0 bridgehead atoms. The number of nitrogens with zero attached hydrogens (tertiary/aromatic N) is 2. The number of carbonyl (C=O) groups excluding carboxylic acids is 1. The van der Waals surface area contributed by atoms with Crippen LogP contribution in [0.1, 0.15) is 40.4 Å². The summed E-state index contributed by atoms with van der Waals surface area (Å²) in [5, 5.41) is 15.4. The van der Waals surface area contributed by atoms with Crippen molar-refractivity contribution >= 4 is 16.9 Å². The van der Waals surface area contributed by atoms with E-state index in [9.17, 15) is 9.90 Å². The molecule has 0 radical (unpaired) electrons. The second kappa shape index (κ2) is 11.3. The van der Waals surface area contributed by atoms with E-state index in [0.29, 0.717) is 53.7 Å². The van der Waals surface area contributed by atoms with Crippen molar-refractivity contribution in [3.63, 3.8) is 0 Å². The lowest BCUT2D eigenvalue weighted by molar-refractivity contribution is 0.0602. The highest BCUT2D eigenvalue weighted by molar-refractivity contribution is 6.04. The number of methoxy groups -OCH3 is 2. The predicted octanol–water partition coefficient (Wildman–Crippen LogP) is 3.09. The zero-order chi connectivity index (χ0) is 25.8. The number of fused-ring (bicyclic) bond motifs is 2. The Labute approximate surface area is 216 Å². The number of β-amino-alcohol motifs (C(OH)–C–C–N with tert-alkyl or cyclic N) is 1. The van der Waals surface area contributed by atoms with Gasteiger partial charge in [0.2, 0.25) is 5.88 Å². The number of ether oxygens (including phenoxy) is 4. The molecule has 9 heteroatoms. The van der Waals surface area contributed by atoms with Gasteiger partial charge in [0.25, 0.3) is 0 Å². The minimum absolute atomic E-state index is 0.410. The Morgan fingerprint density at radius 2 is 1.89 bits per heavy atom. The average Bonchev–Trinajstić information content (AvgIpc) is 2.95. The Bertz CT molecular complexity index is 1260. The number of aliphatic hydroxyl groups is 1. The quantitative estimate of drug-likeness (QED) is 0.445. The molecule has 2 aliphatic rings. The third-order valence-electron chi connectivity index (χ3n) is 7.06. The van der Waals surface area contributed by atoms with Crippen LogP contribution in [0.25, 0.3) is 10.9 Å². The molecule has 0 aliphatic carbocycles. The number of aliphatic hydroxyl groups excluding tert-OH is 1. The highest BCUT2D eigenvalue weighted by atomic mass is 16.6. The standard InChI is InChI=1S/C28H33N3O6/c1-34-26-8-6-20-21(28(33)35-2)4-5-22(27(20)30-26)23(32)17-31-11-9-19(10-12-31)29-16-18-3-7-24-25(15-18)37-14-13-36-24/h3-8,15,19,23,29,32H,9-14,16-17H2,1-2H3. The first-order valence-corrected chi connectivity index (χ1v) is 12.6. The second-order valence-corrected chi connectivity index (χ2v) is 9.39. The molecule has 1 fully saturated rings. The summed E-state index contributed by atoms with van der Waals surface area (Å²) in [4.78, 5) is 19.1. The van der Waals surface area contributed by atoms with Gasteiger partial charge in [0.05, 0.1) is 31.4 Å². The van der Waals surface area contributed by atoms with Crippen LogP contribution in [0.2, 0.25) is 0 Å². The molecule has 1 unspecified atom stereocenters. The maximum atomic E-state index is 12.2. The van der Waals surface area contributed by atoms with Crippen LogP contribution in [0.15, 0.2) is 42.5 Å². The van der Waals surface area contributed by atoms with E-state index in [-0.39, 0.29) is 0 Å². The summed E-state index contributed by atoms with van der Waals surface area (Å²) in [6.45, 7) is 4.20. The van der Waals surface area contributed by atoms with Crippen molar-refractivity contribution in [2.75, 3.05) is 47.1 Å². The fourth-order valence-corrected chi connectivity index (χ4v) is 5.01. The molecule has 196 valence electrons. The van der Waals surface area contributed by atoms with Crippen LogP contribution >= 0.6 is 0 Å². The number of rotatable bonds is 8. The van der Waals surface area contributed by atoms with Gasteiger partial charge >= 0.3 is 5.97 Å². The average molecular weight is 508 g/mol. The highest BCUT2D eigenvalue weighted by Crippen LogP contribution is 2.31. The summed E-state index contributed by atoms with van der Waals surface area (Å²) in [5.74, 6) is 1.61. The zero-order valence-electron chi connectivity index (χ0n) is 21.2. The lowest BCUT2D eigenvalue weighted by Crippen LogP contribution is -2.43. The van der Waals surface area contributed by atoms with Crippen LogP contribution in [0.5, 0.6) is 17.4 Å². The lowest BCUT2D eigenvalue weighted by Gasteiger charge is -2.34. The molecule has 0 saturated carbocycles. The van der Waals surface area contributed by atoms with Gasteiger partial charge in [0.1, 0.15) is 13.2 Å². The van der Waals surface area contributed by atoms with Gasteiger partial charge < -0.3 is 34.3 Å². The Kier molecular flexibility index (Phi) is 7.73. The maximum absolute atomic E-state index is 12.2. The molecule has 0 amide bonds. The van der Waals surface area contributed by atoms with Crippen molar-refractivity contribution in [1.82, 2.24) is 15.2 Å². The summed E-state index contributed by atoms with van der Waals surface area (Å²) < 4.78 is 21.5. The summed E-state index contributed by atoms with van der Waals surface area (Å²) in [7, 11) is 2.89. The smallest absolute Gasteiger partial charge is 0.338 e. The molecular formula is C28H33N3O6. The SMILES string of the molecule is COC(=O)c1ccc(C(O)CN2CCC(NCc3ccc4c(c3)OCCO4)CC2)c2nc(OC)ccc12. The summed E-state index contributed by atoms with van der Waals surface area (Å²) in [5.41, 5.74) is 2.80. The fraction of sp³-hybridized carbons (Fsp3) is 0.429. The van der Waals surface area contributed by atoms with E-state index in [4.69, 9.17) is 18.9 Å². The van der Waals surface area contributed by atoms with E-state index in [2.05, 4.69) is 21.3 Å². The minimum Gasteiger partial charge on any atom is -0.486 e. The first kappa shape index (κ1) is 25.3. The van der Waals surface area contributed by atoms with Gasteiger partial charge in [-0.3, -0.25) is 0 Å². The predicted molar refractivity (Wildman–Crippen MR) is 138 cm³/mol. The van der Waals surface area contributed by atoms with Crippen LogP contribution in [0.3, 0.4) is 0 Å². The summed E-state index contributed by atoms with van der Waals surface area (Å²) in [6.07, 6.45) is 1.23. The van der Waals surface area contributed by atoms with E-state index in [0.717, 1.165) is 44.0 Å². The van der Waals surface area contributed by atoms with Gasteiger partial charge in [-0.15, -0.1) is 0 Å². The largest absolute Gasteiger partial charge is 0.486 e. The first-order chi connectivity index (χ1) is 18.1. The molecule has 9 nitrogen and oxygen atoms in total. The van der Waals surface area contributed by atoms with Crippen LogP contribution in [-0.2, 0) is 11.3 Å². The Morgan fingerprint density at radius 1 is 1.11 bits per heavy atom. The van der Waals surface area contributed by atoms with Crippen LogP contribution in [-0.4, -0.2) is 74.1 Å². The number of nitrogens with one attached hydrogen (secondary N) is 1. The maximum Gasteiger partial charge on any atom is 0.338 e. The van der Waals surface area contributed by atoms with E-state index < -0.39 is 12.1 Å². The van der Waals surface area contributed by atoms with Crippen LogP contribution < -0.4 is 19.5 Å². The van der Waals surface area contributed by atoms with Gasteiger partial charge in [-0.1, -0.05) is 12.1 Å². The summed E-state index contributed by atoms with van der Waals surface area (Å²) in [6, 6.07) is 13.4. The van der Waals surface area contributed by atoms with Crippen LogP contribution in [0.4, 0.5) is 0 Å². The molecule has 5 rings (SSSR count). The van der Waals surface area contributed by atoms with Crippen molar-refractivity contribution in [2.45, 2.75) is 31.5 Å². The first-order valence-electron chi connectivity index (χ1n) is 12.6. The number of aromatic nitrogens is 1. The molecule has 37 heavy (non-hydrogen) atoms. The third-order valence-corrected chi connectivity index (χ3v) is 7.06. The number of benzene rings is 2. The van der Waals surface area contributed by atoms with Crippen molar-refractivity contribution < 1.29 is 28.8 Å². The Hall–Kier alpha value is -3.40. The van der Waals surface area contributed by atoms with Crippen LogP contribution in [0, 0.1) is 0 Å². The number of piperidine rings is 1. The number of carbonyl (C=O) groups is 1. The minimum atomic E-state index is -0.754. The monoisotopic (exact) mass is 507 g/mol. The molecular weight excluding hydrogens is 474 g/mol. The van der Waals surface area contributed by atoms with Crippen molar-refractivity contribution in [1.29, 1.82) is 0 Å². The molecule has 1 aromatic heterocycles. The number of hydrogen-bond acceptors (Lipinski definition) is 9. The van der Waals surface area contributed by atoms with Crippen molar-refractivity contribution in [2.24, 2.45) is 0 Å². The van der Waals surface area contributed by atoms with Gasteiger partial charge in [0, 0.05) is 36.1 Å². The molecule has 2 N–H and O–H groups in total.